The minimum absolute atomic E-state index is 0.0226. The zero-order chi connectivity index (χ0) is 10.8. The molecule has 2 nitrogen and oxygen atoms in total. The van der Waals surface area contributed by atoms with Crippen LogP contribution in [0.4, 0.5) is 0 Å². The Kier molecular flexibility index (Phi) is 3.24. The Balaban J connectivity index is 2.33. The summed E-state index contributed by atoms with van der Waals surface area (Å²) in [5, 5.41) is 4.02. The fourth-order valence-electron chi connectivity index (χ4n) is 1.57. The summed E-state index contributed by atoms with van der Waals surface area (Å²) < 4.78 is 0. The molecule has 80 valence electrons. The van der Waals surface area contributed by atoms with Crippen LogP contribution in [-0.4, -0.2) is 5.50 Å². The molecule has 0 saturated carbocycles. The lowest BCUT2D eigenvalue weighted by molar-refractivity contribution is 0.761. The summed E-state index contributed by atoms with van der Waals surface area (Å²) in [6.07, 6.45) is 0.971. The number of rotatable bonds is 2. The number of nitrogens with two attached hydrogens (primary N) is 1. The van der Waals surface area contributed by atoms with E-state index in [1.807, 2.05) is 24.3 Å². The third-order valence-electron chi connectivity index (χ3n) is 2.30. The normalized spacial score (nSPS) is 20.6. The molecule has 0 aromatic heterocycles. The van der Waals surface area contributed by atoms with Gasteiger partial charge < -0.3 is 11.1 Å². The molecular weight excluding hydrogens is 228 g/mol. The fraction of sp³-hybridized carbons (Fsp3) is 0.273. The third kappa shape index (κ3) is 2.30. The largest absolute Gasteiger partial charge is 0.364 e. The van der Waals surface area contributed by atoms with E-state index in [0.29, 0.717) is 0 Å². The molecule has 1 heterocycles. The summed E-state index contributed by atoms with van der Waals surface area (Å²) in [6.45, 7) is 2.12. The van der Waals surface area contributed by atoms with Gasteiger partial charge in [0.05, 0.1) is 0 Å². The van der Waals surface area contributed by atoms with Crippen LogP contribution in [0.15, 0.2) is 30.0 Å². The van der Waals surface area contributed by atoms with Crippen molar-refractivity contribution in [1.29, 1.82) is 0 Å². The molecule has 3 N–H and O–H groups in total. The zero-order valence-corrected chi connectivity index (χ0v) is 10.0. The summed E-state index contributed by atoms with van der Waals surface area (Å²) in [7, 11) is 0. The van der Waals surface area contributed by atoms with Gasteiger partial charge in [0.15, 0.2) is 0 Å². The van der Waals surface area contributed by atoms with Crippen LogP contribution >= 0.6 is 23.4 Å². The molecule has 1 aromatic rings. The molecule has 15 heavy (non-hydrogen) atoms. The lowest BCUT2D eigenvalue weighted by Crippen LogP contribution is -2.28. The zero-order valence-electron chi connectivity index (χ0n) is 8.46. The highest BCUT2D eigenvalue weighted by atomic mass is 35.5. The number of thioether (sulfide) groups is 1. The molecule has 0 amide bonds. The lowest BCUT2D eigenvalue weighted by atomic mass is 10.1. The second-order valence-corrected chi connectivity index (χ2v) is 4.94. The smallest absolute Gasteiger partial charge is 0.127 e. The van der Waals surface area contributed by atoms with Crippen LogP contribution in [0.3, 0.4) is 0 Å². The molecule has 0 bridgehead atoms. The van der Waals surface area contributed by atoms with E-state index >= 15 is 0 Å². The summed E-state index contributed by atoms with van der Waals surface area (Å²) in [5.74, 6) is 0. The Morgan fingerprint density at radius 1 is 1.40 bits per heavy atom. The van der Waals surface area contributed by atoms with Gasteiger partial charge in [-0.15, -0.1) is 0 Å². The number of allylic oxidation sites excluding steroid dienone is 1. The van der Waals surface area contributed by atoms with Gasteiger partial charge in [0, 0.05) is 15.6 Å². The maximum atomic E-state index is 5.85. The van der Waals surface area contributed by atoms with Gasteiger partial charge in [0.1, 0.15) is 5.50 Å². The van der Waals surface area contributed by atoms with Crippen LogP contribution in [0.25, 0.3) is 4.91 Å². The van der Waals surface area contributed by atoms with Crippen LogP contribution < -0.4 is 11.1 Å². The van der Waals surface area contributed by atoms with Gasteiger partial charge in [-0.25, -0.2) is 0 Å². The molecule has 1 atom stereocenters. The first-order valence-electron chi connectivity index (χ1n) is 4.88. The first-order chi connectivity index (χ1) is 7.20. The Hall–Kier alpha value is -0.640. The first kappa shape index (κ1) is 10.9. The molecule has 0 spiro atoms. The van der Waals surface area contributed by atoms with Crippen molar-refractivity contribution in [3.8, 4) is 0 Å². The van der Waals surface area contributed by atoms with Crippen molar-refractivity contribution < 1.29 is 0 Å². The second kappa shape index (κ2) is 4.47. The SMILES string of the molecule is CCC1=C(c2ccc(Cl)cc2)SC(N)N1. The van der Waals surface area contributed by atoms with Crippen molar-refractivity contribution in [2.75, 3.05) is 0 Å². The van der Waals surface area contributed by atoms with Gasteiger partial charge in [0.2, 0.25) is 0 Å². The van der Waals surface area contributed by atoms with Gasteiger partial charge in [-0.05, 0) is 24.1 Å². The van der Waals surface area contributed by atoms with E-state index in [-0.39, 0.29) is 5.50 Å². The van der Waals surface area contributed by atoms with E-state index in [2.05, 4.69) is 12.2 Å². The molecule has 1 aliphatic rings. The molecule has 0 radical (unpaired) electrons. The second-order valence-electron chi connectivity index (χ2n) is 3.35. The Morgan fingerprint density at radius 2 is 2.07 bits per heavy atom. The van der Waals surface area contributed by atoms with E-state index in [9.17, 15) is 0 Å². The average Bonchev–Trinajstić information content (AvgIpc) is 2.61. The van der Waals surface area contributed by atoms with E-state index in [1.54, 1.807) is 11.8 Å². The predicted octanol–water partition coefficient (Wildman–Crippen LogP) is 3.00. The Bertz CT molecular complexity index is 386. The molecule has 4 heteroatoms. The minimum atomic E-state index is -0.0226. The van der Waals surface area contributed by atoms with E-state index in [0.717, 1.165) is 11.4 Å². The van der Waals surface area contributed by atoms with Crippen molar-refractivity contribution in [1.82, 2.24) is 5.32 Å². The number of benzene rings is 1. The Morgan fingerprint density at radius 3 is 2.67 bits per heavy atom. The highest BCUT2D eigenvalue weighted by Crippen LogP contribution is 2.37. The highest BCUT2D eigenvalue weighted by molar-refractivity contribution is 8.09. The Labute approximate surface area is 98.9 Å². The van der Waals surface area contributed by atoms with Crippen molar-refractivity contribution in [3.63, 3.8) is 0 Å². The minimum Gasteiger partial charge on any atom is -0.364 e. The molecular formula is C11H13ClN2S. The molecule has 0 aliphatic carbocycles. The van der Waals surface area contributed by atoms with Crippen molar-refractivity contribution >= 4 is 28.3 Å². The predicted molar refractivity (Wildman–Crippen MR) is 67.4 cm³/mol. The van der Waals surface area contributed by atoms with Gasteiger partial charge in [-0.3, -0.25) is 0 Å². The van der Waals surface area contributed by atoms with E-state index in [1.165, 1.54) is 16.2 Å². The number of nitrogens with one attached hydrogen (secondary N) is 1. The summed E-state index contributed by atoms with van der Waals surface area (Å²) >= 11 is 7.51. The molecule has 1 aromatic carbocycles. The lowest BCUT2D eigenvalue weighted by Gasteiger charge is -2.03. The van der Waals surface area contributed by atoms with Gasteiger partial charge in [-0.1, -0.05) is 42.4 Å². The summed E-state index contributed by atoms with van der Waals surface area (Å²) in [6, 6.07) is 7.86. The van der Waals surface area contributed by atoms with Crippen LogP contribution in [0.2, 0.25) is 5.02 Å². The van der Waals surface area contributed by atoms with Crippen LogP contribution in [0.5, 0.6) is 0 Å². The highest BCUT2D eigenvalue weighted by Gasteiger charge is 2.20. The number of hydrogen-bond acceptors (Lipinski definition) is 3. The molecule has 1 aliphatic heterocycles. The molecule has 0 saturated heterocycles. The van der Waals surface area contributed by atoms with E-state index in [4.69, 9.17) is 17.3 Å². The van der Waals surface area contributed by atoms with Crippen LogP contribution in [0.1, 0.15) is 18.9 Å². The van der Waals surface area contributed by atoms with Crippen molar-refractivity contribution in [2.45, 2.75) is 18.8 Å². The standard InChI is InChI=1S/C11H13ClN2S/c1-2-9-10(15-11(13)14-9)7-3-5-8(12)6-4-7/h3-6,11,14H,2,13H2,1H3. The van der Waals surface area contributed by atoms with E-state index < -0.39 is 0 Å². The monoisotopic (exact) mass is 240 g/mol. The van der Waals surface area contributed by atoms with Crippen molar-refractivity contribution in [2.24, 2.45) is 5.73 Å². The number of hydrogen-bond donors (Lipinski definition) is 2. The summed E-state index contributed by atoms with van der Waals surface area (Å²) in [4.78, 5) is 1.24. The van der Waals surface area contributed by atoms with Crippen LogP contribution in [0, 0.1) is 0 Å². The van der Waals surface area contributed by atoms with Gasteiger partial charge in [-0.2, -0.15) is 0 Å². The number of halogens is 1. The maximum absolute atomic E-state index is 5.85. The van der Waals surface area contributed by atoms with Crippen molar-refractivity contribution in [3.05, 3.63) is 40.5 Å². The molecule has 0 fully saturated rings. The first-order valence-corrected chi connectivity index (χ1v) is 6.14. The fourth-order valence-corrected chi connectivity index (χ4v) is 2.77. The average molecular weight is 241 g/mol. The topological polar surface area (TPSA) is 38.0 Å². The quantitative estimate of drug-likeness (QED) is 0.835. The van der Waals surface area contributed by atoms with Gasteiger partial charge >= 0.3 is 0 Å². The molecule has 2 rings (SSSR count). The van der Waals surface area contributed by atoms with Gasteiger partial charge in [0.25, 0.3) is 0 Å². The third-order valence-corrected chi connectivity index (χ3v) is 3.64. The maximum Gasteiger partial charge on any atom is 0.127 e. The molecule has 1 unspecified atom stereocenters. The summed E-state index contributed by atoms with van der Waals surface area (Å²) in [5.41, 5.74) is 8.22. The van der Waals surface area contributed by atoms with Crippen LogP contribution in [-0.2, 0) is 0 Å².